The molecule has 2 aromatic rings. The largest absolute Gasteiger partial charge is 0.399 e. The molecule has 0 unspecified atom stereocenters. The molecule has 17 heavy (non-hydrogen) atoms. The van der Waals surface area contributed by atoms with Gasteiger partial charge >= 0.3 is 0 Å². The predicted molar refractivity (Wildman–Crippen MR) is 69.9 cm³/mol. The van der Waals surface area contributed by atoms with E-state index < -0.39 is 0 Å². The van der Waals surface area contributed by atoms with E-state index in [4.69, 9.17) is 10.8 Å². The van der Waals surface area contributed by atoms with Crippen molar-refractivity contribution in [3.05, 3.63) is 18.2 Å². The van der Waals surface area contributed by atoms with Gasteiger partial charge in [0.1, 0.15) is 0 Å². The standard InChI is InChI=1S/C12H18N4O/c1-12(2,5-6-17)16-11-14-9-4-3-8(13)7-10(9)15-11/h3-4,7,17H,5-6,13H2,1-2H3,(H2,14,15,16). The van der Waals surface area contributed by atoms with E-state index in [9.17, 15) is 0 Å². The molecule has 1 heterocycles. The number of anilines is 2. The highest BCUT2D eigenvalue weighted by Crippen LogP contribution is 2.20. The van der Waals surface area contributed by atoms with Gasteiger partial charge in [0.15, 0.2) is 0 Å². The summed E-state index contributed by atoms with van der Waals surface area (Å²) in [6, 6.07) is 5.56. The van der Waals surface area contributed by atoms with Crippen molar-refractivity contribution in [2.45, 2.75) is 25.8 Å². The summed E-state index contributed by atoms with van der Waals surface area (Å²) in [5.41, 5.74) is 8.00. The van der Waals surface area contributed by atoms with E-state index >= 15 is 0 Å². The molecule has 0 saturated carbocycles. The number of nitrogens with one attached hydrogen (secondary N) is 2. The molecule has 0 aliphatic carbocycles. The molecule has 0 bridgehead atoms. The van der Waals surface area contributed by atoms with Gasteiger partial charge in [0, 0.05) is 17.8 Å². The minimum Gasteiger partial charge on any atom is -0.399 e. The zero-order valence-corrected chi connectivity index (χ0v) is 10.1. The molecule has 0 radical (unpaired) electrons. The molecule has 0 amide bonds. The third-order valence-electron chi connectivity index (χ3n) is 2.70. The molecule has 0 fully saturated rings. The summed E-state index contributed by atoms with van der Waals surface area (Å²) in [6.07, 6.45) is 0.659. The van der Waals surface area contributed by atoms with Gasteiger partial charge in [-0.1, -0.05) is 0 Å². The number of aliphatic hydroxyl groups is 1. The fourth-order valence-electron chi connectivity index (χ4n) is 1.75. The van der Waals surface area contributed by atoms with E-state index in [1.54, 1.807) is 0 Å². The number of aliphatic hydroxyl groups excluding tert-OH is 1. The minimum absolute atomic E-state index is 0.146. The van der Waals surface area contributed by atoms with Crippen LogP contribution in [0.3, 0.4) is 0 Å². The van der Waals surface area contributed by atoms with Crippen LogP contribution in [0.5, 0.6) is 0 Å². The minimum atomic E-state index is -0.200. The van der Waals surface area contributed by atoms with Crippen molar-refractivity contribution in [2.75, 3.05) is 17.7 Å². The highest BCUT2D eigenvalue weighted by Gasteiger charge is 2.18. The predicted octanol–water partition coefficient (Wildman–Crippen LogP) is 1.72. The van der Waals surface area contributed by atoms with Crippen molar-refractivity contribution < 1.29 is 5.11 Å². The van der Waals surface area contributed by atoms with Crippen LogP contribution in [0, 0.1) is 0 Å². The molecule has 1 aromatic heterocycles. The Balaban J connectivity index is 2.25. The number of benzene rings is 1. The number of hydrogen-bond acceptors (Lipinski definition) is 4. The number of aromatic amines is 1. The van der Waals surface area contributed by atoms with Crippen molar-refractivity contribution >= 4 is 22.7 Å². The van der Waals surface area contributed by atoms with Crippen LogP contribution in [0.15, 0.2) is 18.2 Å². The van der Waals surface area contributed by atoms with Crippen LogP contribution in [-0.4, -0.2) is 27.2 Å². The average Bonchev–Trinajstić information content (AvgIpc) is 2.57. The number of aromatic nitrogens is 2. The van der Waals surface area contributed by atoms with Crippen molar-refractivity contribution in [1.29, 1.82) is 0 Å². The Hall–Kier alpha value is -1.75. The van der Waals surface area contributed by atoms with E-state index in [2.05, 4.69) is 15.3 Å². The Morgan fingerprint density at radius 3 is 2.94 bits per heavy atom. The summed E-state index contributed by atoms with van der Waals surface area (Å²) in [5, 5.41) is 12.2. The number of fused-ring (bicyclic) bond motifs is 1. The molecular weight excluding hydrogens is 216 g/mol. The maximum Gasteiger partial charge on any atom is 0.201 e. The smallest absolute Gasteiger partial charge is 0.201 e. The van der Waals surface area contributed by atoms with Crippen molar-refractivity contribution in [2.24, 2.45) is 0 Å². The number of nitrogens with zero attached hydrogens (tertiary/aromatic N) is 1. The maximum atomic E-state index is 8.97. The van der Waals surface area contributed by atoms with Crippen LogP contribution in [-0.2, 0) is 0 Å². The monoisotopic (exact) mass is 234 g/mol. The quantitative estimate of drug-likeness (QED) is 0.607. The second kappa shape index (κ2) is 4.25. The Bertz CT molecular complexity index is 518. The third kappa shape index (κ3) is 2.68. The van der Waals surface area contributed by atoms with Crippen molar-refractivity contribution in [3.63, 3.8) is 0 Å². The molecule has 2 rings (SSSR count). The first-order valence-electron chi connectivity index (χ1n) is 5.64. The number of H-pyrrole nitrogens is 1. The number of rotatable bonds is 4. The number of imidazole rings is 1. The van der Waals surface area contributed by atoms with E-state index in [0.29, 0.717) is 18.1 Å². The Morgan fingerprint density at radius 1 is 1.47 bits per heavy atom. The number of nitrogens with two attached hydrogens (primary N) is 1. The van der Waals surface area contributed by atoms with E-state index in [0.717, 1.165) is 11.0 Å². The SMILES string of the molecule is CC(C)(CCO)Nc1nc2ccc(N)cc2[nH]1. The van der Waals surface area contributed by atoms with Crippen molar-refractivity contribution in [3.8, 4) is 0 Å². The lowest BCUT2D eigenvalue weighted by molar-refractivity contribution is 0.260. The first kappa shape index (κ1) is 11.7. The molecule has 92 valence electrons. The molecule has 5 heteroatoms. The van der Waals surface area contributed by atoms with Gasteiger partial charge in [0.25, 0.3) is 0 Å². The molecule has 5 nitrogen and oxygen atoms in total. The first-order chi connectivity index (χ1) is 8.00. The highest BCUT2D eigenvalue weighted by molar-refractivity contribution is 5.80. The molecule has 0 saturated heterocycles. The first-order valence-corrected chi connectivity index (χ1v) is 5.64. The van der Waals surface area contributed by atoms with Gasteiger partial charge in [-0.2, -0.15) is 0 Å². The average molecular weight is 234 g/mol. The normalized spacial score (nSPS) is 11.9. The Labute approximate surface area is 100 Å². The summed E-state index contributed by atoms with van der Waals surface area (Å²) < 4.78 is 0. The lowest BCUT2D eigenvalue weighted by Crippen LogP contribution is -2.32. The molecule has 1 aromatic carbocycles. The zero-order valence-electron chi connectivity index (χ0n) is 10.1. The van der Waals surface area contributed by atoms with Gasteiger partial charge in [-0.15, -0.1) is 0 Å². The second-order valence-corrected chi connectivity index (χ2v) is 4.84. The Morgan fingerprint density at radius 2 is 2.24 bits per heavy atom. The number of hydrogen-bond donors (Lipinski definition) is 4. The van der Waals surface area contributed by atoms with Gasteiger partial charge in [-0.25, -0.2) is 4.98 Å². The second-order valence-electron chi connectivity index (χ2n) is 4.84. The van der Waals surface area contributed by atoms with Crippen LogP contribution in [0.25, 0.3) is 11.0 Å². The fourth-order valence-corrected chi connectivity index (χ4v) is 1.75. The van der Waals surface area contributed by atoms with Gasteiger partial charge in [-0.05, 0) is 38.5 Å². The molecule has 0 atom stereocenters. The molecular formula is C12H18N4O. The summed E-state index contributed by atoms with van der Waals surface area (Å²) in [5.74, 6) is 0.698. The fraction of sp³-hybridized carbons (Fsp3) is 0.417. The summed E-state index contributed by atoms with van der Waals surface area (Å²) in [6.45, 7) is 4.18. The van der Waals surface area contributed by atoms with Crippen LogP contribution in [0.4, 0.5) is 11.6 Å². The highest BCUT2D eigenvalue weighted by atomic mass is 16.3. The lowest BCUT2D eigenvalue weighted by atomic mass is 10.0. The lowest BCUT2D eigenvalue weighted by Gasteiger charge is -2.24. The van der Waals surface area contributed by atoms with Gasteiger partial charge in [0.05, 0.1) is 11.0 Å². The van der Waals surface area contributed by atoms with E-state index in [1.807, 2.05) is 32.0 Å². The Kier molecular flexibility index (Phi) is 2.93. The zero-order chi connectivity index (χ0) is 12.5. The maximum absolute atomic E-state index is 8.97. The van der Waals surface area contributed by atoms with Crippen LogP contribution >= 0.6 is 0 Å². The van der Waals surface area contributed by atoms with Crippen LogP contribution in [0.1, 0.15) is 20.3 Å². The van der Waals surface area contributed by atoms with Gasteiger partial charge in [-0.3, -0.25) is 0 Å². The summed E-state index contributed by atoms with van der Waals surface area (Å²) in [7, 11) is 0. The topological polar surface area (TPSA) is 87.0 Å². The summed E-state index contributed by atoms with van der Waals surface area (Å²) in [4.78, 5) is 7.58. The van der Waals surface area contributed by atoms with Gasteiger partial charge < -0.3 is 21.1 Å². The van der Waals surface area contributed by atoms with E-state index in [1.165, 1.54) is 0 Å². The van der Waals surface area contributed by atoms with Crippen LogP contribution < -0.4 is 11.1 Å². The number of nitrogen functional groups attached to an aromatic ring is 1. The van der Waals surface area contributed by atoms with Gasteiger partial charge in [0.2, 0.25) is 5.95 Å². The molecule has 0 aliphatic heterocycles. The summed E-state index contributed by atoms with van der Waals surface area (Å²) >= 11 is 0. The third-order valence-corrected chi connectivity index (χ3v) is 2.70. The molecule has 0 spiro atoms. The molecule has 5 N–H and O–H groups in total. The van der Waals surface area contributed by atoms with Crippen LogP contribution in [0.2, 0.25) is 0 Å². The van der Waals surface area contributed by atoms with Crippen molar-refractivity contribution in [1.82, 2.24) is 9.97 Å². The molecule has 0 aliphatic rings. The van der Waals surface area contributed by atoms with E-state index in [-0.39, 0.29) is 12.1 Å².